The number of nitrogens with zero attached hydrogens (tertiary/aromatic N) is 13. The summed E-state index contributed by atoms with van der Waals surface area (Å²) in [6.45, 7) is 0. The van der Waals surface area contributed by atoms with Crippen LogP contribution in [-0.2, 0) is 0 Å². The Morgan fingerprint density at radius 3 is 0.880 bits per heavy atom. The third-order valence-corrected chi connectivity index (χ3v) is 16.4. The molecule has 0 unspecified atom stereocenters. The van der Waals surface area contributed by atoms with Crippen molar-refractivity contribution in [3.8, 4) is 144 Å². The van der Waals surface area contributed by atoms with Crippen molar-refractivity contribution in [3.05, 3.63) is 275 Å². The molecule has 0 saturated carbocycles. The molecule has 14 aromatic rings. The fraction of sp³-hybridized carbons (Fsp3) is 0. The van der Waals surface area contributed by atoms with Gasteiger partial charge in [0.25, 0.3) is 0 Å². The van der Waals surface area contributed by atoms with Crippen LogP contribution in [0.1, 0.15) is 50.1 Å². The van der Waals surface area contributed by atoms with Crippen LogP contribution in [0.2, 0.25) is 0 Å². The normalized spacial score (nSPS) is 10.7. The Bertz CT molecular complexity index is 5490. The predicted octanol–water partition coefficient (Wildman–Crippen LogP) is 17.2. The summed E-state index contributed by atoms with van der Waals surface area (Å²) in [6.07, 6.45) is 0. The van der Waals surface area contributed by atoms with Crippen molar-refractivity contribution in [2.75, 3.05) is 0 Å². The second kappa shape index (κ2) is 22.7. The molecule has 418 valence electrons. The van der Waals surface area contributed by atoms with E-state index in [4.69, 9.17) is 9.97 Å². The van der Waals surface area contributed by atoms with Gasteiger partial charge in [-0.25, -0.2) is 9.97 Å². The smallest absolute Gasteiger partial charge is 0.160 e. The van der Waals surface area contributed by atoms with Crippen LogP contribution in [0.15, 0.2) is 224 Å². The lowest BCUT2D eigenvalue weighted by molar-refractivity contribution is 1.12. The van der Waals surface area contributed by atoms with Gasteiger partial charge in [-0.3, -0.25) is 0 Å². The molecule has 3 aromatic heterocycles. The van der Waals surface area contributed by atoms with E-state index in [0.717, 1.165) is 66.0 Å². The SMILES string of the molecule is N#Cc1cc(C#N)cc(-c2ccc3c(c2)c2cc(-c4cc(C#N)cc(C#N)c4)ccc2n3-c2cc(-c3cc(-c4ccccc4)nc(-c4ccccc4)n3)c(-n3c4ccc(-c5cc(C#N)cc(C#N)c5)cc4c4cc(-c5cc(C#N)cc(C#N)c5)ccc43)cc2C#N)c1. The second-order valence-electron chi connectivity index (χ2n) is 21.9. The third-order valence-electron chi connectivity index (χ3n) is 16.4. The maximum atomic E-state index is 11.8. The summed E-state index contributed by atoms with van der Waals surface area (Å²) in [5.41, 5.74) is 15.5. The highest BCUT2D eigenvalue weighted by molar-refractivity contribution is 6.14. The van der Waals surface area contributed by atoms with Crippen LogP contribution >= 0.6 is 0 Å². The monoisotopic (exact) mass is 1170 g/mol. The molecule has 0 saturated heterocycles. The second-order valence-corrected chi connectivity index (χ2v) is 21.9. The minimum atomic E-state index is 0.273. The Morgan fingerprint density at radius 2 is 0.554 bits per heavy atom. The molecule has 0 fully saturated rings. The molecule has 0 aliphatic rings. The Hall–Kier alpha value is -14.5. The highest BCUT2D eigenvalue weighted by atomic mass is 15.0. The molecule has 0 N–H and O–H groups in total. The number of hydrogen-bond acceptors (Lipinski definition) is 11. The lowest BCUT2D eigenvalue weighted by Gasteiger charge is -2.19. The maximum absolute atomic E-state index is 11.8. The van der Waals surface area contributed by atoms with Crippen LogP contribution in [-0.4, -0.2) is 19.1 Å². The largest absolute Gasteiger partial charge is 0.309 e. The molecule has 0 aliphatic carbocycles. The molecule has 13 nitrogen and oxygen atoms in total. The topological polar surface area (TPSA) is 250 Å². The van der Waals surface area contributed by atoms with E-state index in [1.165, 1.54) is 0 Å². The van der Waals surface area contributed by atoms with Crippen LogP contribution in [0, 0.1) is 102 Å². The van der Waals surface area contributed by atoms with Crippen molar-refractivity contribution in [2.24, 2.45) is 0 Å². The standard InChI is InChI=1S/C79H37N13/c80-38-47-19-48(39-81)24-61(23-47)57-11-15-73-66(31-57)67-32-58(62-25-49(40-82)20-50(26-62)41-83)12-16-74(67)91(73)77-36-70(72-37-71(55-7-3-1-4-8-55)89-79(90-72)56-9-5-2-6-10-56)78(35-65(77)46-88)92-75-17-13-59(63-27-51(42-84)21-52(28-63)43-85)33-68(75)69-34-60(14-18-76(69)92)64-29-53(44-86)22-54(30-64)45-87/h1-37H. The van der Waals surface area contributed by atoms with Gasteiger partial charge in [-0.2, -0.15) is 47.4 Å². The quantitative estimate of drug-likeness (QED) is 0.131. The van der Waals surface area contributed by atoms with E-state index >= 15 is 0 Å². The first kappa shape index (κ1) is 55.4. The molecule has 0 atom stereocenters. The number of rotatable bonds is 9. The van der Waals surface area contributed by atoms with E-state index in [2.05, 4.69) is 59.2 Å². The molecule has 0 radical (unpaired) electrons. The Labute approximate surface area is 526 Å². The van der Waals surface area contributed by atoms with Gasteiger partial charge in [0.05, 0.1) is 143 Å². The van der Waals surface area contributed by atoms with Crippen molar-refractivity contribution in [1.29, 1.82) is 47.4 Å². The average Bonchev–Trinajstić information content (AvgIpc) is 1.57. The molecule has 0 amide bonds. The molecule has 3 heterocycles. The molecule has 92 heavy (non-hydrogen) atoms. The summed E-state index contributed by atoms with van der Waals surface area (Å²) in [6, 6.07) is 89.2. The van der Waals surface area contributed by atoms with Crippen molar-refractivity contribution in [3.63, 3.8) is 0 Å². The number of benzene rings is 11. The first-order valence-corrected chi connectivity index (χ1v) is 28.7. The van der Waals surface area contributed by atoms with Crippen molar-refractivity contribution in [1.82, 2.24) is 19.1 Å². The third kappa shape index (κ3) is 9.74. The summed E-state index contributed by atoms with van der Waals surface area (Å²) in [4.78, 5) is 10.6. The fourth-order valence-corrected chi connectivity index (χ4v) is 12.3. The summed E-state index contributed by atoms with van der Waals surface area (Å²) in [5, 5.41) is 95.5. The van der Waals surface area contributed by atoms with Crippen LogP contribution < -0.4 is 0 Å². The summed E-state index contributed by atoms with van der Waals surface area (Å²) < 4.78 is 4.14. The van der Waals surface area contributed by atoms with Gasteiger partial charge >= 0.3 is 0 Å². The zero-order valence-corrected chi connectivity index (χ0v) is 48.2. The van der Waals surface area contributed by atoms with E-state index < -0.39 is 0 Å². The molecular weight excluding hydrogens is 1130 g/mol. The summed E-state index contributed by atoms with van der Waals surface area (Å²) >= 11 is 0. The van der Waals surface area contributed by atoms with Gasteiger partial charge < -0.3 is 9.13 Å². The summed E-state index contributed by atoms with van der Waals surface area (Å²) in [7, 11) is 0. The Balaban J connectivity index is 1.10. The zero-order chi connectivity index (χ0) is 63.1. The Morgan fingerprint density at radius 1 is 0.239 bits per heavy atom. The van der Waals surface area contributed by atoms with Crippen molar-refractivity contribution < 1.29 is 0 Å². The van der Waals surface area contributed by atoms with Gasteiger partial charge in [0.2, 0.25) is 0 Å². The molecular formula is C79H37N13. The van der Waals surface area contributed by atoms with Crippen molar-refractivity contribution >= 4 is 43.6 Å². The number of aromatic nitrogens is 4. The van der Waals surface area contributed by atoms with E-state index in [1.54, 1.807) is 72.8 Å². The molecule has 14 rings (SSSR count). The first-order chi connectivity index (χ1) is 45.1. The minimum absolute atomic E-state index is 0.273. The zero-order valence-electron chi connectivity index (χ0n) is 48.2. The molecule has 13 heteroatoms. The lowest BCUT2D eigenvalue weighted by atomic mass is 9.97. The number of fused-ring (bicyclic) bond motifs is 6. The van der Waals surface area contributed by atoms with E-state index in [9.17, 15) is 47.4 Å². The van der Waals surface area contributed by atoms with E-state index in [-0.39, 0.29) is 5.56 Å². The molecule has 11 aromatic carbocycles. The van der Waals surface area contributed by atoms with Gasteiger partial charge in [0, 0.05) is 38.2 Å². The van der Waals surface area contributed by atoms with E-state index in [1.807, 2.05) is 156 Å². The number of hydrogen-bond donors (Lipinski definition) is 0. The fourth-order valence-electron chi connectivity index (χ4n) is 12.3. The van der Waals surface area contributed by atoms with Gasteiger partial charge in [-0.05, 0) is 184 Å². The highest BCUT2D eigenvalue weighted by Crippen LogP contribution is 2.45. The van der Waals surface area contributed by atoms with Crippen LogP contribution in [0.5, 0.6) is 0 Å². The maximum Gasteiger partial charge on any atom is 0.160 e. The Kier molecular flexibility index (Phi) is 13.7. The van der Waals surface area contributed by atoms with Gasteiger partial charge in [0.15, 0.2) is 5.82 Å². The minimum Gasteiger partial charge on any atom is -0.309 e. The molecule has 0 bridgehead atoms. The molecule has 0 spiro atoms. The van der Waals surface area contributed by atoms with E-state index in [0.29, 0.717) is 112 Å². The highest BCUT2D eigenvalue weighted by Gasteiger charge is 2.26. The summed E-state index contributed by atoms with van der Waals surface area (Å²) in [5.74, 6) is 0.444. The number of nitriles is 9. The van der Waals surface area contributed by atoms with Crippen LogP contribution in [0.4, 0.5) is 0 Å². The van der Waals surface area contributed by atoms with Crippen LogP contribution in [0.3, 0.4) is 0 Å². The van der Waals surface area contributed by atoms with Gasteiger partial charge in [-0.15, -0.1) is 0 Å². The molecule has 0 aliphatic heterocycles. The lowest BCUT2D eigenvalue weighted by Crippen LogP contribution is -2.05. The van der Waals surface area contributed by atoms with Crippen LogP contribution in [0.25, 0.3) is 133 Å². The average molecular weight is 1170 g/mol. The van der Waals surface area contributed by atoms with Gasteiger partial charge in [0.1, 0.15) is 6.07 Å². The van der Waals surface area contributed by atoms with Gasteiger partial charge in [-0.1, -0.05) is 84.9 Å². The predicted molar refractivity (Wildman–Crippen MR) is 351 cm³/mol. The first-order valence-electron chi connectivity index (χ1n) is 28.7. The van der Waals surface area contributed by atoms with Crippen molar-refractivity contribution in [2.45, 2.75) is 0 Å².